The third-order valence-corrected chi connectivity index (χ3v) is 5.74. The number of anilines is 1. The number of benzene rings is 2. The molecule has 0 spiro atoms. The minimum Gasteiger partial charge on any atom is -0.507 e. The normalized spacial score (nSPS) is 11.7. The summed E-state index contributed by atoms with van der Waals surface area (Å²) >= 11 is 0. The van der Waals surface area contributed by atoms with Crippen molar-refractivity contribution >= 4 is 5.69 Å². The van der Waals surface area contributed by atoms with E-state index in [4.69, 9.17) is 0 Å². The van der Waals surface area contributed by atoms with Gasteiger partial charge in [0.15, 0.2) is 0 Å². The van der Waals surface area contributed by atoms with E-state index in [1.807, 2.05) is 0 Å². The zero-order chi connectivity index (χ0) is 21.6. The third kappa shape index (κ3) is 5.78. The summed E-state index contributed by atoms with van der Waals surface area (Å²) in [7, 11) is 2.19. The molecule has 2 rings (SSSR count). The fourth-order valence-corrected chi connectivity index (χ4v) is 4.13. The molecule has 1 N–H and O–H groups in total. The maximum atomic E-state index is 10.9. The van der Waals surface area contributed by atoms with E-state index < -0.39 is 0 Å². The van der Waals surface area contributed by atoms with Crippen LogP contribution in [0.25, 0.3) is 0 Å². The highest BCUT2D eigenvalue weighted by Crippen LogP contribution is 2.37. The molecule has 160 valence electrons. The van der Waals surface area contributed by atoms with Crippen molar-refractivity contribution in [1.82, 2.24) is 0 Å². The quantitative estimate of drug-likeness (QED) is 0.486. The Labute approximate surface area is 179 Å². The lowest BCUT2D eigenvalue weighted by atomic mass is 9.86. The van der Waals surface area contributed by atoms with Crippen LogP contribution in [-0.2, 0) is 31.2 Å². The second-order valence-corrected chi connectivity index (χ2v) is 9.41. The number of nitrogens with zero attached hydrogens (tertiary/aromatic N) is 1. The van der Waals surface area contributed by atoms with Crippen molar-refractivity contribution < 1.29 is 5.11 Å². The van der Waals surface area contributed by atoms with Gasteiger partial charge in [-0.2, -0.15) is 0 Å². The summed E-state index contributed by atoms with van der Waals surface area (Å²) in [6, 6.07) is 11.3. The first-order valence-electron chi connectivity index (χ1n) is 11.4. The largest absolute Gasteiger partial charge is 0.507 e. The molecule has 0 aromatic heterocycles. The van der Waals surface area contributed by atoms with E-state index in [9.17, 15) is 5.11 Å². The number of rotatable bonds is 9. The van der Waals surface area contributed by atoms with E-state index in [1.165, 1.54) is 27.9 Å². The SMILES string of the molecule is CCCc1cc(N(C)Cc2ccc(C(C)(C)C)cc2)c(CCC)c(CCC)c1O. The van der Waals surface area contributed by atoms with Gasteiger partial charge in [0.05, 0.1) is 0 Å². The Kier molecular flexibility index (Phi) is 8.19. The predicted molar refractivity (Wildman–Crippen MR) is 127 cm³/mol. The molecular formula is C27H41NO. The van der Waals surface area contributed by atoms with E-state index >= 15 is 0 Å². The number of aryl methyl sites for hydroxylation is 1. The van der Waals surface area contributed by atoms with Gasteiger partial charge >= 0.3 is 0 Å². The van der Waals surface area contributed by atoms with Gasteiger partial charge in [0.25, 0.3) is 0 Å². The Morgan fingerprint density at radius 2 is 1.38 bits per heavy atom. The molecule has 2 nitrogen and oxygen atoms in total. The van der Waals surface area contributed by atoms with Crippen LogP contribution < -0.4 is 4.90 Å². The molecule has 0 amide bonds. The van der Waals surface area contributed by atoms with Crippen molar-refractivity contribution in [1.29, 1.82) is 0 Å². The predicted octanol–water partition coefficient (Wildman–Crippen LogP) is 7.18. The summed E-state index contributed by atoms with van der Waals surface area (Å²) in [5, 5.41) is 10.9. The van der Waals surface area contributed by atoms with Crippen LogP contribution in [-0.4, -0.2) is 12.2 Å². The van der Waals surface area contributed by atoms with Crippen LogP contribution in [0.4, 0.5) is 5.69 Å². The highest BCUT2D eigenvalue weighted by Gasteiger charge is 2.19. The van der Waals surface area contributed by atoms with Gasteiger partial charge in [0.2, 0.25) is 0 Å². The van der Waals surface area contributed by atoms with E-state index in [0.717, 1.165) is 50.6 Å². The van der Waals surface area contributed by atoms with Crippen molar-refractivity contribution in [3.05, 3.63) is 58.1 Å². The van der Waals surface area contributed by atoms with Gasteiger partial charge < -0.3 is 10.0 Å². The number of phenols is 1. The monoisotopic (exact) mass is 395 g/mol. The Hall–Kier alpha value is -1.96. The minimum atomic E-state index is 0.180. The molecule has 0 saturated heterocycles. The fraction of sp³-hybridized carbons (Fsp3) is 0.556. The van der Waals surface area contributed by atoms with Crippen LogP contribution in [0.5, 0.6) is 5.75 Å². The van der Waals surface area contributed by atoms with Crippen molar-refractivity contribution in [2.75, 3.05) is 11.9 Å². The Morgan fingerprint density at radius 3 is 1.90 bits per heavy atom. The second kappa shape index (κ2) is 10.2. The Bertz CT molecular complexity index is 784. The van der Waals surface area contributed by atoms with E-state index in [1.54, 1.807) is 0 Å². The molecule has 0 saturated carbocycles. The molecule has 0 aliphatic rings. The van der Waals surface area contributed by atoms with Crippen molar-refractivity contribution in [2.24, 2.45) is 0 Å². The summed E-state index contributed by atoms with van der Waals surface area (Å²) in [5.74, 6) is 0.545. The molecule has 2 heteroatoms. The van der Waals surface area contributed by atoms with Crippen molar-refractivity contribution in [2.45, 2.75) is 92.0 Å². The fourth-order valence-electron chi connectivity index (χ4n) is 4.13. The van der Waals surface area contributed by atoms with Gasteiger partial charge in [-0.05, 0) is 58.6 Å². The lowest BCUT2D eigenvalue weighted by Crippen LogP contribution is -2.20. The standard InChI is InChI=1S/C27H41NO/c1-8-11-21-18-25(23(12-9-2)24(13-10-3)26(21)29)28(7)19-20-14-16-22(17-15-20)27(4,5)6/h14-18,29H,8-13,19H2,1-7H3. The van der Waals surface area contributed by atoms with E-state index in [-0.39, 0.29) is 5.41 Å². The molecule has 0 fully saturated rings. The van der Waals surface area contributed by atoms with Crippen molar-refractivity contribution in [3.63, 3.8) is 0 Å². The lowest BCUT2D eigenvalue weighted by molar-refractivity contribution is 0.458. The molecule has 0 heterocycles. The van der Waals surface area contributed by atoms with Crippen LogP contribution >= 0.6 is 0 Å². The number of hydrogen-bond acceptors (Lipinski definition) is 2. The summed E-state index contributed by atoms with van der Waals surface area (Å²) in [6.45, 7) is 14.2. The molecule has 0 aliphatic heterocycles. The molecule has 2 aromatic rings. The third-order valence-electron chi connectivity index (χ3n) is 5.74. The van der Waals surface area contributed by atoms with Crippen LogP contribution in [0.3, 0.4) is 0 Å². The van der Waals surface area contributed by atoms with Crippen LogP contribution in [0.2, 0.25) is 0 Å². The van der Waals surface area contributed by atoms with E-state index in [0.29, 0.717) is 5.75 Å². The summed E-state index contributed by atoms with van der Waals surface area (Å²) in [4.78, 5) is 2.37. The molecule has 29 heavy (non-hydrogen) atoms. The first-order valence-corrected chi connectivity index (χ1v) is 11.4. The number of aromatic hydroxyl groups is 1. The maximum Gasteiger partial charge on any atom is 0.122 e. The number of phenolic OH excluding ortho intramolecular Hbond substituents is 1. The molecule has 0 radical (unpaired) electrons. The van der Waals surface area contributed by atoms with Gasteiger partial charge in [-0.25, -0.2) is 0 Å². The smallest absolute Gasteiger partial charge is 0.122 e. The molecule has 0 unspecified atom stereocenters. The summed E-state index contributed by atoms with van der Waals surface area (Å²) in [5.41, 5.74) is 7.77. The van der Waals surface area contributed by atoms with Gasteiger partial charge in [-0.3, -0.25) is 0 Å². The van der Waals surface area contributed by atoms with Gasteiger partial charge in [0, 0.05) is 19.3 Å². The average molecular weight is 396 g/mol. The number of hydrogen-bond donors (Lipinski definition) is 1. The topological polar surface area (TPSA) is 23.5 Å². The molecule has 2 aromatic carbocycles. The summed E-state index contributed by atoms with van der Waals surface area (Å²) < 4.78 is 0. The van der Waals surface area contributed by atoms with Crippen molar-refractivity contribution in [3.8, 4) is 5.75 Å². The average Bonchev–Trinajstić information content (AvgIpc) is 2.66. The molecule has 0 aliphatic carbocycles. The van der Waals surface area contributed by atoms with E-state index in [2.05, 4.69) is 83.8 Å². The lowest BCUT2D eigenvalue weighted by Gasteiger charge is -2.27. The molecule has 0 bridgehead atoms. The van der Waals surface area contributed by atoms with Crippen LogP contribution in [0.15, 0.2) is 30.3 Å². The van der Waals surface area contributed by atoms with Crippen LogP contribution in [0, 0.1) is 0 Å². The highest BCUT2D eigenvalue weighted by atomic mass is 16.3. The zero-order valence-corrected chi connectivity index (χ0v) is 19.7. The van der Waals surface area contributed by atoms with Gasteiger partial charge in [-0.15, -0.1) is 0 Å². The second-order valence-electron chi connectivity index (χ2n) is 9.41. The highest BCUT2D eigenvalue weighted by molar-refractivity contribution is 5.64. The molecule has 0 atom stereocenters. The Morgan fingerprint density at radius 1 is 0.828 bits per heavy atom. The summed E-state index contributed by atoms with van der Waals surface area (Å²) in [6.07, 6.45) is 6.07. The molecular weight excluding hydrogens is 354 g/mol. The van der Waals surface area contributed by atoms with Crippen LogP contribution in [0.1, 0.15) is 88.6 Å². The minimum absolute atomic E-state index is 0.180. The van der Waals surface area contributed by atoms with Gasteiger partial charge in [-0.1, -0.05) is 85.1 Å². The first kappa shape index (κ1) is 23.3. The first-order chi connectivity index (χ1) is 13.7. The van der Waals surface area contributed by atoms with Gasteiger partial charge in [0.1, 0.15) is 5.75 Å². The maximum absolute atomic E-state index is 10.9. The zero-order valence-electron chi connectivity index (χ0n) is 19.7. The Balaban J connectivity index is 2.42.